The SMILES string of the molecule is Cc1ccc(-c2cc3c(N4CCN[C@H](C(=O)NCc5ccc6sccc6c5)C4)ncnc3s2)cc1. The number of benzene rings is 2. The standard InChI is InChI=1S/C27H25N5OS2/c1-17-2-5-19(6-3-17)24-13-21-25(30-16-31-27(21)35-24)32-10-9-28-22(15-32)26(33)29-14-18-4-7-23-20(12-18)8-11-34-23/h2-8,11-13,16,22,28H,9-10,14-15H2,1H3,(H,29,33)/t22-/m0/s1. The normalized spacial score (nSPS) is 16.1. The van der Waals surface area contributed by atoms with Crippen molar-refractivity contribution in [2.24, 2.45) is 0 Å². The maximum absolute atomic E-state index is 13.0. The minimum Gasteiger partial charge on any atom is -0.353 e. The average molecular weight is 500 g/mol. The average Bonchev–Trinajstić information content (AvgIpc) is 3.54. The summed E-state index contributed by atoms with van der Waals surface area (Å²) in [4.78, 5) is 26.5. The van der Waals surface area contributed by atoms with Crippen LogP contribution in [0, 0.1) is 6.92 Å². The number of piperazine rings is 1. The zero-order valence-corrected chi connectivity index (χ0v) is 21.0. The Labute approximate surface area is 211 Å². The number of nitrogens with zero attached hydrogens (tertiary/aromatic N) is 3. The monoisotopic (exact) mass is 499 g/mol. The Bertz CT molecular complexity index is 1510. The van der Waals surface area contributed by atoms with Crippen molar-refractivity contribution in [3.8, 4) is 10.4 Å². The molecule has 2 N–H and O–H groups in total. The molecule has 1 aliphatic heterocycles. The molecule has 0 radical (unpaired) electrons. The lowest BCUT2D eigenvalue weighted by molar-refractivity contribution is -0.123. The predicted molar refractivity (Wildman–Crippen MR) is 145 cm³/mol. The Kier molecular flexibility index (Phi) is 5.93. The fourth-order valence-corrected chi connectivity index (χ4v) is 6.28. The number of carbonyl (C=O) groups is 1. The fourth-order valence-electron chi connectivity index (χ4n) is 4.51. The molecule has 35 heavy (non-hydrogen) atoms. The second-order valence-corrected chi connectivity index (χ2v) is 10.8. The molecule has 5 aromatic rings. The maximum Gasteiger partial charge on any atom is 0.239 e. The van der Waals surface area contributed by atoms with E-state index in [9.17, 15) is 4.79 Å². The van der Waals surface area contributed by atoms with E-state index in [4.69, 9.17) is 0 Å². The smallest absolute Gasteiger partial charge is 0.239 e. The number of aromatic nitrogens is 2. The van der Waals surface area contributed by atoms with E-state index in [1.54, 1.807) is 29.0 Å². The summed E-state index contributed by atoms with van der Waals surface area (Å²) in [6.07, 6.45) is 1.63. The molecule has 1 aliphatic rings. The molecule has 6 rings (SSSR count). The quantitative estimate of drug-likeness (QED) is 0.357. The van der Waals surface area contributed by atoms with Gasteiger partial charge in [0.1, 0.15) is 23.0 Å². The summed E-state index contributed by atoms with van der Waals surface area (Å²) in [7, 11) is 0. The van der Waals surface area contributed by atoms with Gasteiger partial charge in [0, 0.05) is 35.8 Å². The fraction of sp³-hybridized carbons (Fsp3) is 0.222. The van der Waals surface area contributed by atoms with Crippen LogP contribution in [-0.4, -0.2) is 41.6 Å². The highest BCUT2D eigenvalue weighted by atomic mass is 32.1. The van der Waals surface area contributed by atoms with E-state index < -0.39 is 0 Å². The highest BCUT2D eigenvalue weighted by Crippen LogP contribution is 2.36. The van der Waals surface area contributed by atoms with Crippen LogP contribution in [0.2, 0.25) is 0 Å². The first-order valence-corrected chi connectivity index (χ1v) is 13.4. The molecule has 0 aliphatic carbocycles. The molecule has 0 unspecified atom stereocenters. The number of hydrogen-bond acceptors (Lipinski definition) is 7. The van der Waals surface area contributed by atoms with E-state index in [1.165, 1.54) is 26.1 Å². The number of carbonyl (C=O) groups excluding carboxylic acids is 1. The molecule has 0 bridgehead atoms. The highest BCUT2D eigenvalue weighted by Gasteiger charge is 2.27. The molecule has 8 heteroatoms. The van der Waals surface area contributed by atoms with Crippen LogP contribution in [-0.2, 0) is 11.3 Å². The summed E-state index contributed by atoms with van der Waals surface area (Å²) < 4.78 is 1.26. The minimum absolute atomic E-state index is 0.0103. The summed E-state index contributed by atoms with van der Waals surface area (Å²) in [5.74, 6) is 0.905. The van der Waals surface area contributed by atoms with Crippen LogP contribution in [0.5, 0.6) is 0 Å². The molecule has 0 saturated carbocycles. The van der Waals surface area contributed by atoms with Gasteiger partial charge in [-0.1, -0.05) is 35.9 Å². The van der Waals surface area contributed by atoms with Crippen molar-refractivity contribution in [3.63, 3.8) is 0 Å². The van der Waals surface area contributed by atoms with Crippen molar-refractivity contribution in [1.82, 2.24) is 20.6 Å². The van der Waals surface area contributed by atoms with E-state index >= 15 is 0 Å². The van der Waals surface area contributed by atoms with Crippen LogP contribution in [0.25, 0.3) is 30.7 Å². The van der Waals surface area contributed by atoms with Crippen LogP contribution in [0.1, 0.15) is 11.1 Å². The topological polar surface area (TPSA) is 70.2 Å². The van der Waals surface area contributed by atoms with Crippen LogP contribution in [0.4, 0.5) is 5.82 Å². The molecule has 2 aromatic carbocycles. The summed E-state index contributed by atoms with van der Waals surface area (Å²) in [6, 6.07) is 18.9. The van der Waals surface area contributed by atoms with Gasteiger partial charge in [0.2, 0.25) is 5.91 Å². The van der Waals surface area contributed by atoms with Gasteiger partial charge in [-0.2, -0.15) is 0 Å². The number of anilines is 1. The molecule has 0 spiro atoms. The first-order chi connectivity index (χ1) is 17.1. The third kappa shape index (κ3) is 4.52. The summed E-state index contributed by atoms with van der Waals surface area (Å²) in [6.45, 7) is 4.69. The van der Waals surface area contributed by atoms with Crippen molar-refractivity contribution in [2.75, 3.05) is 24.5 Å². The van der Waals surface area contributed by atoms with Crippen molar-refractivity contribution < 1.29 is 4.79 Å². The Morgan fingerprint density at radius 2 is 2.03 bits per heavy atom. The zero-order chi connectivity index (χ0) is 23.8. The van der Waals surface area contributed by atoms with Gasteiger partial charge in [0.25, 0.3) is 0 Å². The second kappa shape index (κ2) is 9.37. The third-order valence-corrected chi connectivity index (χ3v) is 8.41. The number of hydrogen-bond donors (Lipinski definition) is 2. The van der Waals surface area contributed by atoms with Gasteiger partial charge in [-0.15, -0.1) is 22.7 Å². The van der Waals surface area contributed by atoms with Gasteiger partial charge in [0.05, 0.1) is 5.39 Å². The van der Waals surface area contributed by atoms with Gasteiger partial charge < -0.3 is 15.5 Å². The lowest BCUT2D eigenvalue weighted by Gasteiger charge is -2.34. The van der Waals surface area contributed by atoms with Crippen molar-refractivity contribution in [2.45, 2.75) is 19.5 Å². The summed E-state index contributed by atoms with van der Waals surface area (Å²) in [5.41, 5.74) is 3.53. The van der Waals surface area contributed by atoms with Gasteiger partial charge in [-0.25, -0.2) is 9.97 Å². The molecule has 3 aromatic heterocycles. The summed E-state index contributed by atoms with van der Waals surface area (Å²) in [5, 5.41) is 10.8. The van der Waals surface area contributed by atoms with Crippen LogP contribution in [0.3, 0.4) is 0 Å². The Hall–Kier alpha value is -3.33. The number of nitrogens with one attached hydrogen (secondary N) is 2. The maximum atomic E-state index is 13.0. The summed E-state index contributed by atoms with van der Waals surface area (Å²) >= 11 is 3.41. The first-order valence-electron chi connectivity index (χ1n) is 11.7. The Balaban J connectivity index is 1.18. The van der Waals surface area contributed by atoms with Crippen LogP contribution >= 0.6 is 22.7 Å². The molecule has 176 valence electrons. The largest absolute Gasteiger partial charge is 0.353 e. The second-order valence-electron chi connectivity index (χ2n) is 8.86. The van der Waals surface area contributed by atoms with E-state index in [0.717, 1.165) is 34.7 Å². The van der Waals surface area contributed by atoms with Crippen LogP contribution in [0.15, 0.2) is 66.3 Å². The van der Waals surface area contributed by atoms with Crippen molar-refractivity contribution in [3.05, 3.63) is 77.4 Å². The molecule has 1 fully saturated rings. The lowest BCUT2D eigenvalue weighted by Crippen LogP contribution is -2.57. The molecule has 1 atom stereocenters. The van der Waals surface area contributed by atoms with Gasteiger partial charge >= 0.3 is 0 Å². The van der Waals surface area contributed by atoms with Gasteiger partial charge in [-0.3, -0.25) is 4.79 Å². The van der Waals surface area contributed by atoms with Crippen molar-refractivity contribution in [1.29, 1.82) is 0 Å². The molecular formula is C27H25N5OS2. The number of amides is 1. The predicted octanol–water partition coefficient (Wildman–Crippen LogP) is 4.98. The number of aryl methyl sites for hydroxylation is 1. The van der Waals surface area contributed by atoms with E-state index in [0.29, 0.717) is 13.1 Å². The number of rotatable bonds is 5. The van der Waals surface area contributed by atoms with Gasteiger partial charge in [-0.05, 0) is 53.1 Å². The molecule has 1 amide bonds. The molecule has 4 heterocycles. The van der Waals surface area contributed by atoms with Crippen LogP contribution < -0.4 is 15.5 Å². The zero-order valence-electron chi connectivity index (χ0n) is 19.3. The van der Waals surface area contributed by atoms with E-state index in [-0.39, 0.29) is 11.9 Å². The number of fused-ring (bicyclic) bond motifs is 2. The van der Waals surface area contributed by atoms with E-state index in [2.05, 4.69) is 92.4 Å². The Morgan fingerprint density at radius 3 is 2.91 bits per heavy atom. The van der Waals surface area contributed by atoms with Gasteiger partial charge in [0.15, 0.2) is 0 Å². The first kappa shape index (κ1) is 22.2. The highest BCUT2D eigenvalue weighted by molar-refractivity contribution is 7.22. The molecular weight excluding hydrogens is 474 g/mol. The molecule has 6 nitrogen and oxygen atoms in total. The number of thiophene rings is 2. The Morgan fingerprint density at radius 1 is 1.14 bits per heavy atom. The molecule has 1 saturated heterocycles. The minimum atomic E-state index is -0.297. The lowest BCUT2D eigenvalue weighted by atomic mass is 10.1. The van der Waals surface area contributed by atoms with Crippen molar-refractivity contribution >= 4 is 54.7 Å². The third-order valence-electron chi connectivity index (χ3n) is 6.42. The van der Waals surface area contributed by atoms with E-state index in [1.807, 2.05) is 0 Å².